The second-order valence-electron chi connectivity index (χ2n) is 9.11. The van der Waals surface area contributed by atoms with Gasteiger partial charge in [-0.1, -0.05) is 25.1 Å². The van der Waals surface area contributed by atoms with E-state index in [1.165, 1.54) is 41.9 Å². The van der Waals surface area contributed by atoms with Crippen LogP contribution in [0.15, 0.2) is 39.9 Å². The van der Waals surface area contributed by atoms with Gasteiger partial charge in [-0.3, -0.25) is 9.36 Å². The Morgan fingerprint density at radius 1 is 1.12 bits per heavy atom. The summed E-state index contributed by atoms with van der Waals surface area (Å²) in [6, 6.07) is 10.2. The Balaban J connectivity index is 1.45. The molecule has 2 aromatic carbocycles. The summed E-state index contributed by atoms with van der Waals surface area (Å²) in [7, 11) is 3.06. The fraction of sp³-hybridized carbons (Fsp3) is 0.462. The molecular formula is C26H31N3O4. The number of fused-ring (bicyclic) bond motifs is 4. The molecule has 0 bridgehead atoms. The molecule has 0 radical (unpaired) electrons. The third-order valence-electron chi connectivity index (χ3n) is 7.55. The lowest BCUT2D eigenvalue weighted by Crippen LogP contribution is -2.38. The van der Waals surface area contributed by atoms with Gasteiger partial charge in [0.25, 0.3) is 5.56 Å². The van der Waals surface area contributed by atoms with E-state index < -0.39 is 5.69 Å². The number of aromatic nitrogens is 2. The number of hydrogen-bond acceptors (Lipinski definition) is 5. The van der Waals surface area contributed by atoms with Crippen LogP contribution >= 0.6 is 0 Å². The van der Waals surface area contributed by atoms with Gasteiger partial charge in [0.05, 0.1) is 25.1 Å². The van der Waals surface area contributed by atoms with Gasteiger partial charge in [-0.25, -0.2) is 4.79 Å². The van der Waals surface area contributed by atoms with Gasteiger partial charge in [-0.2, -0.15) is 0 Å². The minimum absolute atomic E-state index is 0.244. The zero-order valence-corrected chi connectivity index (χ0v) is 19.4. The second-order valence-corrected chi connectivity index (χ2v) is 9.11. The monoisotopic (exact) mass is 449 g/mol. The van der Waals surface area contributed by atoms with Gasteiger partial charge in [-0.15, -0.1) is 0 Å². The Bertz CT molecular complexity index is 1310. The fourth-order valence-corrected chi connectivity index (χ4v) is 5.90. The summed E-state index contributed by atoms with van der Waals surface area (Å²) in [5.41, 5.74) is 4.16. The zero-order valence-electron chi connectivity index (χ0n) is 19.4. The summed E-state index contributed by atoms with van der Waals surface area (Å²) in [5.74, 6) is 1.98. The van der Waals surface area contributed by atoms with Crippen molar-refractivity contribution < 1.29 is 9.47 Å². The van der Waals surface area contributed by atoms with Crippen LogP contribution in [0.4, 0.5) is 0 Å². The lowest BCUT2D eigenvalue weighted by Gasteiger charge is -2.32. The summed E-state index contributed by atoms with van der Waals surface area (Å²) in [6.07, 6.45) is 4.10. The zero-order chi connectivity index (χ0) is 23.1. The molecule has 5 rings (SSSR count). The van der Waals surface area contributed by atoms with Crippen molar-refractivity contribution in [1.29, 1.82) is 0 Å². The maximum atomic E-state index is 13.2. The van der Waals surface area contributed by atoms with Crippen LogP contribution in [0.3, 0.4) is 0 Å². The average Bonchev–Trinajstić information content (AvgIpc) is 3.26. The molecule has 174 valence electrons. The third-order valence-corrected chi connectivity index (χ3v) is 7.55. The maximum absolute atomic E-state index is 13.2. The predicted molar refractivity (Wildman–Crippen MR) is 129 cm³/mol. The normalized spacial score (nSPS) is 21.6. The number of nitrogens with one attached hydrogen (secondary N) is 2. The molecule has 0 amide bonds. The molecule has 7 heteroatoms. The maximum Gasteiger partial charge on any atom is 0.328 e. The minimum atomic E-state index is -0.397. The van der Waals surface area contributed by atoms with Crippen molar-refractivity contribution >= 4 is 10.9 Å². The van der Waals surface area contributed by atoms with E-state index in [4.69, 9.17) is 9.47 Å². The number of aromatic amines is 1. The first kappa shape index (κ1) is 21.8. The standard InChI is InChI=1S/C26H31N3O4/c1-4-15-6-5-7-18-17(15)9-8-16-14-27-20(24(16)18)10-11-29-25(30)19-12-22(32-2)23(33-3)13-21(19)28-26(29)31/h5-7,12-13,16,20,24,27H,4,8-11,14H2,1-3H3,(H,28,31)/t16-,20?,24+/m0/s1. The van der Waals surface area contributed by atoms with Crippen LogP contribution in [-0.2, 0) is 19.4 Å². The van der Waals surface area contributed by atoms with Crippen molar-refractivity contribution in [2.24, 2.45) is 5.92 Å². The minimum Gasteiger partial charge on any atom is -0.493 e. The molecule has 3 atom stereocenters. The van der Waals surface area contributed by atoms with Crippen molar-refractivity contribution in [3.63, 3.8) is 0 Å². The van der Waals surface area contributed by atoms with E-state index in [9.17, 15) is 9.59 Å². The Morgan fingerprint density at radius 2 is 1.91 bits per heavy atom. The highest BCUT2D eigenvalue weighted by Crippen LogP contribution is 2.43. The lowest BCUT2D eigenvalue weighted by atomic mass is 9.72. The molecule has 7 nitrogen and oxygen atoms in total. The van der Waals surface area contributed by atoms with Crippen molar-refractivity contribution in [2.45, 2.75) is 51.1 Å². The van der Waals surface area contributed by atoms with Crippen LogP contribution in [0.2, 0.25) is 0 Å². The van der Waals surface area contributed by atoms with E-state index in [0.29, 0.717) is 40.8 Å². The molecule has 3 aromatic rings. The third kappa shape index (κ3) is 3.64. The number of H-pyrrole nitrogens is 1. The van der Waals surface area contributed by atoms with Crippen molar-refractivity contribution in [3.8, 4) is 11.5 Å². The molecule has 1 aliphatic carbocycles. The van der Waals surface area contributed by atoms with Crippen LogP contribution in [0.5, 0.6) is 11.5 Å². The fourth-order valence-electron chi connectivity index (χ4n) is 5.90. The van der Waals surface area contributed by atoms with Gasteiger partial charge >= 0.3 is 5.69 Å². The van der Waals surface area contributed by atoms with Crippen molar-refractivity contribution in [2.75, 3.05) is 20.8 Å². The van der Waals surface area contributed by atoms with Crippen LogP contribution in [0.1, 0.15) is 42.4 Å². The number of hydrogen-bond donors (Lipinski definition) is 2. The first-order valence-corrected chi connectivity index (χ1v) is 11.8. The molecule has 1 aliphatic heterocycles. The lowest BCUT2D eigenvalue weighted by molar-refractivity contribution is 0.355. The average molecular weight is 450 g/mol. The summed E-state index contributed by atoms with van der Waals surface area (Å²) >= 11 is 0. The molecular weight excluding hydrogens is 418 g/mol. The van der Waals surface area contributed by atoms with E-state index >= 15 is 0 Å². The molecule has 0 saturated carbocycles. The van der Waals surface area contributed by atoms with Crippen LogP contribution in [0.25, 0.3) is 10.9 Å². The summed E-state index contributed by atoms with van der Waals surface area (Å²) in [6.45, 7) is 3.57. The molecule has 1 unspecified atom stereocenters. The Labute approximate surface area is 192 Å². The van der Waals surface area contributed by atoms with Crippen molar-refractivity contribution in [3.05, 3.63) is 67.9 Å². The summed E-state index contributed by atoms with van der Waals surface area (Å²) in [4.78, 5) is 28.8. The Hall–Kier alpha value is -3.06. The van der Waals surface area contributed by atoms with E-state index in [1.807, 2.05) is 0 Å². The van der Waals surface area contributed by atoms with Gasteiger partial charge in [0.2, 0.25) is 0 Å². The molecule has 2 N–H and O–H groups in total. The number of methoxy groups -OCH3 is 2. The van der Waals surface area contributed by atoms with Gasteiger partial charge in [0.15, 0.2) is 11.5 Å². The first-order valence-electron chi connectivity index (χ1n) is 11.8. The predicted octanol–water partition coefficient (Wildman–Crippen LogP) is 2.98. The van der Waals surface area contributed by atoms with Gasteiger partial charge in [-0.05, 0) is 60.9 Å². The largest absolute Gasteiger partial charge is 0.493 e. The highest BCUT2D eigenvalue weighted by atomic mass is 16.5. The molecule has 33 heavy (non-hydrogen) atoms. The summed E-state index contributed by atoms with van der Waals surface area (Å²) < 4.78 is 12.0. The first-order chi connectivity index (χ1) is 16.0. The number of nitrogens with zero attached hydrogens (tertiary/aromatic N) is 1. The van der Waals surface area contributed by atoms with Crippen LogP contribution in [-0.4, -0.2) is 36.4 Å². The SMILES string of the molecule is CCc1cccc2c1CC[C@H]1CNC(CCn3c(=O)[nH]c4cc(OC)c(OC)cc4c3=O)[C@@H]21. The molecule has 1 fully saturated rings. The molecule has 2 aliphatic rings. The molecule has 1 saturated heterocycles. The van der Waals surface area contributed by atoms with Gasteiger partial charge in [0.1, 0.15) is 0 Å². The highest BCUT2D eigenvalue weighted by molar-refractivity contribution is 5.81. The second kappa shape index (κ2) is 8.71. The van der Waals surface area contributed by atoms with Gasteiger partial charge < -0.3 is 19.8 Å². The Morgan fingerprint density at radius 3 is 2.67 bits per heavy atom. The summed E-state index contributed by atoms with van der Waals surface area (Å²) in [5, 5.41) is 4.11. The molecule has 0 spiro atoms. The molecule has 1 aromatic heterocycles. The van der Waals surface area contributed by atoms with E-state index in [1.54, 1.807) is 12.1 Å². The molecule has 2 heterocycles. The van der Waals surface area contributed by atoms with E-state index in [0.717, 1.165) is 25.8 Å². The highest BCUT2D eigenvalue weighted by Gasteiger charge is 2.40. The van der Waals surface area contributed by atoms with E-state index in [2.05, 4.69) is 35.4 Å². The van der Waals surface area contributed by atoms with Crippen LogP contribution < -0.4 is 26.0 Å². The number of ether oxygens (including phenoxy) is 2. The topological polar surface area (TPSA) is 85.3 Å². The van der Waals surface area contributed by atoms with Crippen molar-refractivity contribution in [1.82, 2.24) is 14.9 Å². The number of benzene rings is 2. The number of rotatable bonds is 6. The Kier molecular flexibility index (Phi) is 5.74. The smallest absolute Gasteiger partial charge is 0.328 e. The van der Waals surface area contributed by atoms with Crippen LogP contribution in [0, 0.1) is 5.92 Å². The van der Waals surface area contributed by atoms with Gasteiger partial charge in [0, 0.05) is 24.6 Å². The number of aryl methyl sites for hydroxylation is 1. The van der Waals surface area contributed by atoms with E-state index in [-0.39, 0.29) is 11.6 Å². The quantitative estimate of drug-likeness (QED) is 0.604.